The van der Waals surface area contributed by atoms with E-state index in [0.29, 0.717) is 12.1 Å². The van der Waals surface area contributed by atoms with Gasteiger partial charge in [0.2, 0.25) is 0 Å². The first-order chi connectivity index (χ1) is 16.4. The average Bonchev–Trinajstić information content (AvgIpc) is 2.87. The van der Waals surface area contributed by atoms with Gasteiger partial charge >= 0.3 is 0 Å². The van der Waals surface area contributed by atoms with Crippen molar-refractivity contribution in [3.8, 4) is 28.0 Å². The second-order valence-electron chi connectivity index (χ2n) is 8.59. The van der Waals surface area contributed by atoms with Crippen molar-refractivity contribution < 1.29 is 13.5 Å². The third-order valence-electron chi connectivity index (χ3n) is 6.60. The van der Waals surface area contributed by atoms with Crippen LogP contribution in [0.15, 0.2) is 95.9 Å². The zero-order valence-corrected chi connectivity index (χ0v) is 20.1. The number of sulfonamides is 1. The van der Waals surface area contributed by atoms with E-state index in [-0.39, 0.29) is 16.7 Å². The maximum absolute atomic E-state index is 13.9. The highest BCUT2D eigenvalue weighted by Crippen LogP contribution is 2.49. The molecule has 0 aromatic heterocycles. The van der Waals surface area contributed by atoms with Gasteiger partial charge in [-0.05, 0) is 77.1 Å². The van der Waals surface area contributed by atoms with E-state index >= 15 is 0 Å². The lowest BCUT2D eigenvalue weighted by molar-refractivity contribution is 0.474. The number of nitrogens with zero attached hydrogens (tertiary/aromatic N) is 1. The first-order valence-corrected chi connectivity index (χ1v) is 13.0. The highest BCUT2D eigenvalue weighted by atomic mass is 32.2. The molecular weight excluding hydrogens is 442 g/mol. The molecule has 0 radical (unpaired) electrons. The molecule has 0 amide bonds. The summed E-state index contributed by atoms with van der Waals surface area (Å²) in [5.41, 5.74) is 7.07. The van der Waals surface area contributed by atoms with Crippen LogP contribution < -0.4 is 4.31 Å². The van der Waals surface area contributed by atoms with Crippen molar-refractivity contribution in [1.82, 2.24) is 0 Å². The molecule has 1 N–H and O–H groups in total. The van der Waals surface area contributed by atoms with E-state index in [9.17, 15) is 13.5 Å². The number of hydrogen-bond donors (Lipinski definition) is 1. The predicted octanol–water partition coefficient (Wildman–Crippen LogP) is 6.95. The molecule has 1 unspecified atom stereocenters. The maximum Gasteiger partial charge on any atom is 0.264 e. The first-order valence-electron chi connectivity index (χ1n) is 11.6. The average molecular weight is 470 g/mol. The summed E-state index contributed by atoms with van der Waals surface area (Å²) in [6, 6.07) is 28.0. The number of rotatable bonds is 5. The lowest BCUT2D eigenvalue weighted by Gasteiger charge is -2.39. The third-order valence-corrected chi connectivity index (χ3v) is 8.44. The minimum Gasteiger partial charge on any atom is -0.508 e. The molecular formula is C29H27NO3S. The summed E-state index contributed by atoms with van der Waals surface area (Å²) in [5, 5.41) is 9.68. The molecule has 1 aliphatic rings. The van der Waals surface area contributed by atoms with Crippen LogP contribution in [0, 0.1) is 0 Å². The number of aryl methyl sites for hydroxylation is 1. The number of phenols is 1. The fourth-order valence-corrected chi connectivity index (χ4v) is 6.52. The zero-order chi connectivity index (χ0) is 23.9. The van der Waals surface area contributed by atoms with E-state index in [4.69, 9.17) is 0 Å². The van der Waals surface area contributed by atoms with Gasteiger partial charge in [-0.1, -0.05) is 68.4 Å². The molecule has 0 saturated carbocycles. The summed E-state index contributed by atoms with van der Waals surface area (Å²) in [7, 11) is -3.86. The zero-order valence-electron chi connectivity index (χ0n) is 19.3. The molecule has 0 saturated heterocycles. The molecule has 4 aromatic rings. The molecule has 0 aliphatic carbocycles. The summed E-state index contributed by atoms with van der Waals surface area (Å²) >= 11 is 0. The number of benzene rings is 4. The Balaban J connectivity index is 1.71. The molecule has 1 heterocycles. The third kappa shape index (κ3) is 3.66. The van der Waals surface area contributed by atoms with Gasteiger partial charge in [0.15, 0.2) is 0 Å². The van der Waals surface area contributed by atoms with Crippen molar-refractivity contribution in [2.75, 3.05) is 4.31 Å². The van der Waals surface area contributed by atoms with Crippen LogP contribution >= 0.6 is 0 Å². The van der Waals surface area contributed by atoms with Gasteiger partial charge in [-0.2, -0.15) is 0 Å². The molecule has 1 atom stereocenters. The minimum atomic E-state index is -3.86. The maximum atomic E-state index is 13.9. The number of aromatic hydroxyl groups is 1. The van der Waals surface area contributed by atoms with E-state index < -0.39 is 10.0 Å². The Morgan fingerprint density at radius 1 is 0.794 bits per heavy atom. The molecule has 172 valence electrons. The molecule has 0 bridgehead atoms. The second-order valence-corrected chi connectivity index (χ2v) is 10.4. The van der Waals surface area contributed by atoms with Gasteiger partial charge in [0.05, 0.1) is 16.6 Å². The monoisotopic (exact) mass is 469 g/mol. The standard InChI is InChI=1S/C29H27NO3S/c1-3-20-9-11-21(12-10-20)22-13-18-29-27(19-22)25-7-5-6-8-26(25)28(4-2)30(29)34(32,33)24-16-14-23(31)15-17-24/h5-19,28,31H,3-4H2,1-2H3. The molecule has 5 heteroatoms. The summed E-state index contributed by atoms with van der Waals surface area (Å²) in [4.78, 5) is 0.160. The number of hydrogen-bond acceptors (Lipinski definition) is 3. The van der Waals surface area contributed by atoms with Crippen LogP contribution in [0.2, 0.25) is 0 Å². The summed E-state index contributed by atoms with van der Waals surface area (Å²) < 4.78 is 29.4. The SMILES string of the molecule is CCc1ccc(-c2ccc3c(c2)-c2ccccc2C(CC)N3S(=O)(=O)c2ccc(O)cc2)cc1. The fourth-order valence-electron chi connectivity index (χ4n) is 4.80. The number of phenolic OH excluding ortho intramolecular Hbond substituents is 1. The topological polar surface area (TPSA) is 57.6 Å². The van der Waals surface area contributed by atoms with E-state index in [1.54, 1.807) is 4.31 Å². The van der Waals surface area contributed by atoms with Gasteiger partial charge in [-0.25, -0.2) is 8.42 Å². The van der Waals surface area contributed by atoms with Gasteiger partial charge in [-0.3, -0.25) is 4.31 Å². The van der Waals surface area contributed by atoms with Crippen molar-refractivity contribution in [2.45, 2.75) is 37.6 Å². The van der Waals surface area contributed by atoms with Crippen LogP contribution in [0.4, 0.5) is 5.69 Å². The Hall–Kier alpha value is -3.57. The smallest absolute Gasteiger partial charge is 0.264 e. The molecule has 0 spiro atoms. The van der Waals surface area contributed by atoms with Crippen LogP contribution in [0.25, 0.3) is 22.3 Å². The summed E-state index contributed by atoms with van der Waals surface area (Å²) in [5.74, 6) is 0.0362. The van der Waals surface area contributed by atoms with Gasteiger partial charge in [0, 0.05) is 5.56 Å². The van der Waals surface area contributed by atoms with Gasteiger partial charge in [0.25, 0.3) is 10.0 Å². The van der Waals surface area contributed by atoms with E-state index in [0.717, 1.165) is 34.2 Å². The molecule has 0 fully saturated rings. The van der Waals surface area contributed by atoms with Crippen molar-refractivity contribution in [3.63, 3.8) is 0 Å². The molecule has 4 nitrogen and oxygen atoms in total. The van der Waals surface area contributed by atoms with E-state index in [1.807, 2.05) is 37.3 Å². The van der Waals surface area contributed by atoms with Gasteiger partial charge in [0.1, 0.15) is 5.75 Å². The van der Waals surface area contributed by atoms with Crippen molar-refractivity contribution in [2.24, 2.45) is 0 Å². The van der Waals surface area contributed by atoms with Gasteiger partial charge in [-0.15, -0.1) is 0 Å². The number of fused-ring (bicyclic) bond motifs is 3. The van der Waals surface area contributed by atoms with Crippen LogP contribution in [0.5, 0.6) is 5.75 Å². The van der Waals surface area contributed by atoms with Crippen LogP contribution in [-0.4, -0.2) is 13.5 Å². The first kappa shape index (κ1) is 22.2. The molecule has 34 heavy (non-hydrogen) atoms. The van der Waals surface area contributed by atoms with Crippen molar-refractivity contribution >= 4 is 15.7 Å². The van der Waals surface area contributed by atoms with Crippen LogP contribution in [0.3, 0.4) is 0 Å². The highest BCUT2D eigenvalue weighted by Gasteiger charge is 2.38. The normalized spacial score (nSPS) is 15.0. The van der Waals surface area contributed by atoms with E-state index in [1.165, 1.54) is 29.8 Å². The fraction of sp³-hybridized carbons (Fsp3) is 0.172. The molecule has 5 rings (SSSR count). The Kier molecular flexibility index (Phi) is 5.66. The highest BCUT2D eigenvalue weighted by molar-refractivity contribution is 7.92. The lowest BCUT2D eigenvalue weighted by Crippen LogP contribution is -2.37. The van der Waals surface area contributed by atoms with Crippen molar-refractivity contribution in [3.05, 3.63) is 102 Å². The second kappa shape index (κ2) is 8.65. The summed E-state index contributed by atoms with van der Waals surface area (Å²) in [6.07, 6.45) is 1.62. The Morgan fingerprint density at radius 2 is 1.47 bits per heavy atom. The van der Waals surface area contributed by atoms with Crippen LogP contribution in [0.1, 0.15) is 37.4 Å². The Labute approximate surface area is 201 Å². The Bertz CT molecular complexity index is 1440. The minimum absolute atomic E-state index is 0.0362. The number of anilines is 1. The van der Waals surface area contributed by atoms with Gasteiger partial charge < -0.3 is 5.11 Å². The Morgan fingerprint density at radius 3 is 2.15 bits per heavy atom. The van der Waals surface area contributed by atoms with Crippen LogP contribution in [-0.2, 0) is 16.4 Å². The molecule has 1 aliphatic heterocycles. The van der Waals surface area contributed by atoms with E-state index in [2.05, 4.69) is 43.3 Å². The quantitative estimate of drug-likeness (QED) is 0.344. The van der Waals surface area contributed by atoms with Crippen molar-refractivity contribution in [1.29, 1.82) is 0 Å². The predicted molar refractivity (Wildman–Crippen MR) is 137 cm³/mol. The summed E-state index contributed by atoms with van der Waals surface area (Å²) in [6.45, 7) is 4.15. The molecule has 4 aromatic carbocycles. The largest absolute Gasteiger partial charge is 0.508 e. The lowest BCUT2D eigenvalue weighted by atomic mass is 9.87.